The number of carbonyl (C=O) groups excluding carboxylic acids is 1. The van der Waals surface area contributed by atoms with E-state index in [-0.39, 0.29) is 6.61 Å². The molecule has 0 saturated carbocycles. The van der Waals surface area contributed by atoms with E-state index in [0.717, 1.165) is 0 Å². The van der Waals surface area contributed by atoms with Gasteiger partial charge in [-0.2, -0.15) is 0 Å². The normalized spacial score (nSPS) is 10.0. The third kappa shape index (κ3) is 6.86. The van der Waals surface area contributed by atoms with Crippen molar-refractivity contribution in [3.8, 4) is 0 Å². The molecule has 0 unspecified atom stereocenters. The van der Waals surface area contributed by atoms with Crippen LogP contribution in [0.2, 0.25) is 0 Å². The Kier molecular flexibility index (Phi) is 6.42. The van der Waals surface area contributed by atoms with Crippen LogP contribution in [0.25, 0.3) is 0 Å². The Balaban J connectivity index is 3.35. The van der Waals surface area contributed by atoms with Crippen LogP contribution in [0.4, 0.5) is 0 Å². The van der Waals surface area contributed by atoms with Gasteiger partial charge < -0.3 is 15.2 Å². The Morgan fingerprint density at radius 1 is 1.64 bits per heavy atom. The summed E-state index contributed by atoms with van der Waals surface area (Å²) >= 11 is 0. The SMILES string of the molecule is CCOC=CC(=O)OCCN. The van der Waals surface area contributed by atoms with Crippen LogP contribution in [0.15, 0.2) is 12.3 Å². The molecule has 0 spiro atoms. The van der Waals surface area contributed by atoms with Crippen LogP contribution in [0.1, 0.15) is 6.92 Å². The summed E-state index contributed by atoms with van der Waals surface area (Å²) in [5, 5.41) is 0. The van der Waals surface area contributed by atoms with Gasteiger partial charge in [0.1, 0.15) is 6.61 Å². The molecule has 2 N–H and O–H groups in total. The van der Waals surface area contributed by atoms with E-state index in [1.54, 1.807) is 0 Å². The van der Waals surface area contributed by atoms with Crippen LogP contribution in [-0.4, -0.2) is 25.7 Å². The van der Waals surface area contributed by atoms with Crippen LogP contribution >= 0.6 is 0 Å². The lowest BCUT2D eigenvalue weighted by Gasteiger charge is -1.97. The van der Waals surface area contributed by atoms with Gasteiger partial charge in [0, 0.05) is 6.54 Å². The Morgan fingerprint density at radius 2 is 2.36 bits per heavy atom. The zero-order valence-electron chi connectivity index (χ0n) is 6.58. The van der Waals surface area contributed by atoms with E-state index < -0.39 is 5.97 Å². The van der Waals surface area contributed by atoms with Crippen LogP contribution in [0.5, 0.6) is 0 Å². The number of rotatable bonds is 5. The van der Waals surface area contributed by atoms with Gasteiger partial charge in [-0.15, -0.1) is 0 Å². The largest absolute Gasteiger partial charge is 0.501 e. The predicted octanol–water partition coefficient (Wildman–Crippen LogP) is 0.0385. The zero-order valence-corrected chi connectivity index (χ0v) is 6.58. The lowest BCUT2D eigenvalue weighted by atomic mass is 10.6. The molecule has 0 aliphatic heterocycles. The molecular weight excluding hydrogens is 146 g/mol. The van der Waals surface area contributed by atoms with E-state index in [4.69, 9.17) is 10.5 Å². The maximum atomic E-state index is 10.6. The molecule has 0 fully saturated rings. The van der Waals surface area contributed by atoms with Crippen molar-refractivity contribution in [2.24, 2.45) is 5.73 Å². The van der Waals surface area contributed by atoms with Gasteiger partial charge in [0.25, 0.3) is 0 Å². The lowest BCUT2D eigenvalue weighted by molar-refractivity contribution is -0.137. The molecule has 0 amide bonds. The number of hydrogen-bond acceptors (Lipinski definition) is 4. The summed E-state index contributed by atoms with van der Waals surface area (Å²) in [7, 11) is 0. The summed E-state index contributed by atoms with van der Waals surface area (Å²) in [6.07, 6.45) is 2.53. The van der Waals surface area contributed by atoms with Crippen LogP contribution < -0.4 is 5.73 Å². The fourth-order valence-electron chi connectivity index (χ4n) is 0.408. The van der Waals surface area contributed by atoms with Crippen molar-refractivity contribution in [3.63, 3.8) is 0 Å². The molecule has 0 radical (unpaired) electrons. The predicted molar refractivity (Wildman–Crippen MR) is 40.8 cm³/mol. The summed E-state index contributed by atoms with van der Waals surface area (Å²) in [6, 6.07) is 0. The second kappa shape index (κ2) is 7.08. The van der Waals surface area contributed by atoms with Crippen molar-refractivity contribution in [1.82, 2.24) is 0 Å². The van der Waals surface area contributed by atoms with Gasteiger partial charge in [-0.05, 0) is 6.92 Å². The smallest absolute Gasteiger partial charge is 0.333 e. The van der Waals surface area contributed by atoms with E-state index in [2.05, 4.69) is 4.74 Å². The first-order valence-electron chi connectivity index (χ1n) is 3.46. The molecule has 0 rings (SSSR count). The van der Waals surface area contributed by atoms with Gasteiger partial charge in [0.2, 0.25) is 0 Å². The maximum Gasteiger partial charge on any atom is 0.333 e. The molecule has 0 aromatic carbocycles. The molecule has 4 heteroatoms. The molecule has 0 aromatic heterocycles. The van der Waals surface area contributed by atoms with Crippen molar-refractivity contribution >= 4 is 5.97 Å². The van der Waals surface area contributed by atoms with Crippen molar-refractivity contribution in [2.75, 3.05) is 19.8 Å². The molecule has 0 aromatic rings. The van der Waals surface area contributed by atoms with Crippen molar-refractivity contribution in [1.29, 1.82) is 0 Å². The third-order valence-electron chi connectivity index (χ3n) is 0.829. The second-order valence-corrected chi connectivity index (χ2v) is 1.71. The van der Waals surface area contributed by atoms with Crippen LogP contribution in [0, 0.1) is 0 Å². The molecule has 0 atom stereocenters. The van der Waals surface area contributed by atoms with E-state index in [9.17, 15) is 4.79 Å². The first-order valence-corrected chi connectivity index (χ1v) is 3.46. The number of carbonyl (C=O) groups is 1. The standard InChI is InChI=1S/C7H13NO3/c1-2-10-5-3-7(9)11-6-4-8/h3,5H,2,4,6,8H2,1H3. The van der Waals surface area contributed by atoms with Gasteiger partial charge in [-0.25, -0.2) is 4.79 Å². The van der Waals surface area contributed by atoms with Crippen molar-refractivity contribution < 1.29 is 14.3 Å². The Morgan fingerprint density at radius 3 is 2.91 bits per heavy atom. The quantitative estimate of drug-likeness (QED) is 0.349. The summed E-state index contributed by atoms with van der Waals surface area (Å²) in [4.78, 5) is 10.6. The first-order chi connectivity index (χ1) is 5.31. The topological polar surface area (TPSA) is 61.5 Å². The minimum absolute atomic E-state index is 0.245. The Bertz CT molecular complexity index is 134. The highest BCUT2D eigenvalue weighted by molar-refractivity contribution is 5.81. The van der Waals surface area contributed by atoms with E-state index in [0.29, 0.717) is 13.2 Å². The van der Waals surface area contributed by atoms with Gasteiger partial charge in [-0.3, -0.25) is 0 Å². The molecule has 0 aliphatic carbocycles. The Hall–Kier alpha value is -1.03. The maximum absolute atomic E-state index is 10.6. The number of nitrogens with two attached hydrogens (primary N) is 1. The van der Waals surface area contributed by atoms with Crippen molar-refractivity contribution in [2.45, 2.75) is 6.92 Å². The fraction of sp³-hybridized carbons (Fsp3) is 0.571. The second-order valence-electron chi connectivity index (χ2n) is 1.71. The highest BCUT2D eigenvalue weighted by Gasteiger charge is 1.93. The number of hydrogen-bond donors (Lipinski definition) is 1. The zero-order chi connectivity index (χ0) is 8.53. The first kappa shape index (κ1) is 9.97. The van der Waals surface area contributed by atoms with E-state index in [1.807, 2.05) is 6.92 Å². The fourth-order valence-corrected chi connectivity index (χ4v) is 0.408. The van der Waals surface area contributed by atoms with E-state index >= 15 is 0 Å². The van der Waals surface area contributed by atoms with Crippen molar-refractivity contribution in [3.05, 3.63) is 12.3 Å². The third-order valence-corrected chi connectivity index (χ3v) is 0.829. The summed E-state index contributed by atoms with van der Waals surface area (Å²) in [5.74, 6) is -0.427. The minimum Gasteiger partial charge on any atom is -0.501 e. The summed E-state index contributed by atoms with van der Waals surface area (Å²) in [6.45, 7) is 2.96. The lowest BCUT2D eigenvalue weighted by Crippen LogP contribution is -2.11. The van der Waals surface area contributed by atoms with Gasteiger partial charge in [-0.1, -0.05) is 0 Å². The van der Waals surface area contributed by atoms with Crippen LogP contribution in [-0.2, 0) is 14.3 Å². The molecule has 11 heavy (non-hydrogen) atoms. The molecule has 0 bridgehead atoms. The average molecular weight is 159 g/mol. The minimum atomic E-state index is -0.427. The van der Waals surface area contributed by atoms with Gasteiger partial charge in [0.15, 0.2) is 0 Å². The molecular formula is C7H13NO3. The number of esters is 1. The van der Waals surface area contributed by atoms with E-state index in [1.165, 1.54) is 12.3 Å². The molecule has 0 heterocycles. The van der Waals surface area contributed by atoms with Crippen LogP contribution in [0.3, 0.4) is 0 Å². The molecule has 64 valence electrons. The molecule has 4 nitrogen and oxygen atoms in total. The Labute approximate surface area is 66.0 Å². The highest BCUT2D eigenvalue weighted by atomic mass is 16.5. The molecule has 0 saturated heterocycles. The van der Waals surface area contributed by atoms with Gasteiger partial charge >= 0.3 is 5.97 Å². The number of ether oxygens (including phenoxy) is 2. The molecule has 0 aliphatic rings. The monoisotopic (exact) mass is 159 g/mol. The van der Waals surface area contributed by atoms with Gasteiger partial charge in [0.05, 0.1) is 18.9 Å². The summed E-state index contributed by atoms with van der Waals surface area (Å²) < 4.78 is 9.38. The summed E-state index contributed by atoms with van der Waals surface area (Å²) in [5.41, 5.74) is 5.10. The highest BCUT2D eigenvalue weighted by Crippen LogP contribution is 1.81. The average Bonchev–Trinajstić information content (AvgIpc) is 2.01.